The van der Waals surface area contributed by atoms with E-state index in [0.29, 0.717) is 10.8 Å². The second kappa shape index (κ2) is 5.96. The van der Waals surface area contributed by atoms with Gasteiger partial charge in [0.05, 0.1) is 16.5 Å². The van der Waals surface area contributed by atoms with Crippen LogP contribution in [0.4, 0.5) is 10.8 Å². The highest BCUT2D eigenvalue weighted by Gasteiger charge is 2.09. The minimum atomic E-state index is -3.28. The van der Waals surface area contributed by atoms with Gasteiger partial charge in [0.1, 0.15) is 0 Å². The van der Waals surface area contributed by atoms with Crippen molar-refractivity contribution in [3.05, 3.63) is 17.7 Å². The molecule has 2 rings (SSSR count). The average molecular weight is 328 g/mol. The van der Waals surface area contributed by atoms with Crippen LogP contribution in [-0.2, 0) is 14.8 Å². The molecule has 4 N–H and O–H groups in total. The first-order valence-corrected chi connectivity index (χ1v) is 8.86. The molecule has 9 heteroatoms. The molecule has 1 heterocycles. The van der Waals surface area contributed by atoms with E-state index in [1.54, 1.807) is 6.07 Å². The molecule has 21 heavy (non-hydrogen) atoms. The second-order valence-corrected chi connectivity index (χ2v) is 7.55. The molecule has 0 bridgehead atoms. The average Bonchev–Trinajstić information content (AvgIpc) is 2.68. The van der Waals surface area contributed by atoms with Crippen LogP contribution in [0.25, 0.3) is 10.2 Å². The summed E-state index contributed by atoms with van der Waals surface area (Å²) in [7, 11) is -3.28. The number of aromatic nitrogens is 1. The highest BCUT2D eigenvalue weighted by atomic mass is 32.2. The first-order chi connectivity index (χ1) is 9.74. The molecule has 2 aromatic rings. The van der Waals surface area contributed by atoms with Gasteiger partial charge in [-0.05, 0) is 24.6 Å². The zero-order valence-electron chi connectivity index (χ0n) is 11.6. The van der Waals surface area contributed by atoms with Gasteiger partial charge in [0.15, 0.2) is 5.13 Å². The lowest BCUT2D eigenvalue weighted by Gasteiger charge is -2.07. The molecule has 1 aromatic heterocycles. The molecule has 7 nitrogen and oxygen atoms in total. The van der Waals surface area contributed by atoms with Crippen molar-refractivity contribution in [3.63, 3.8) is 0 Å². The third-order valence-corrected chi connectivity index (χ3v) is 4.26. The van der Waals surface area contributed by atoms with Crippen molar-refractivity contribution in [2.75, 3.05) is 23.9 Å². The Bertz CT molecular complexity index is 783. The summed E-state index contributed by atoms with van der Waals surface area (Å²) in [6, 6.07) is 3.61. The van der Waals surface area contributed by atoms with Crippen LogP contribution in [0, 0.1) is 6.92 Å². The van der Waals surface area contributed by atoms with Crippen molar-refractivity contribution in [3.8, 4) is 0 Å². The van der Waals surface area contributed by atoms with Gasteiger partial charge in [-0.25, -0.2) is 18.1 Å². The van der Waals surface area contributed by atoms with Gasteiger partial charge in [-0.1, -0.05) is 11.3 Å². The SMILES string of the molecule is Cc1cc(NC(=O)CCNS(C)(=O)=O)cc2sc(N)nc12. The third-order valence-electron chi connectivity index (χ3n) is 2.70. The molecule has 1 amide bonds. The minimum absolute atomic E-state index is 0.0645. The maximum atomic E-state index is 11.8. The van der Waals surface area contributed by atoms with Crippen LogP contribution in [0.1, 0.15) is 12.0 Å². The molecule has 0 atom stereocenters. The normalized spacial score (nSPS) is 11.7. The lowest BCUT2D eigenvalue weighted by Crippen LogP contribution is -2.26. The summed E-state index contributed by atoms with van der Waals surface area (Å²) in [6.45, 7) is 1.96. The van der Waals surface area contributed by atoms with Crippen LogP contribution in [0.5, 0.6) is 0 Å². The number of carbonyl (C=O) groups excluding carboxylic acids is 1. The number of aryl methyl sites for hydroxylation is 1. The van der Waals surface area contributed by atoms with Crippen LogP contribution in [0.2, 0.25) is 0 Å². The van der Waals surface area contributed by atoms with Crippen LogP contribution in [0.15, 0.2) is 12.1 Å². The molecule has 0 saturated heterocycles. The van der Waals surface area contributed by atoms with E-state index in [2.05, 4.69) is 15.0 Å². The van der Waals surface area contributed by atoms with E-state index in [4.69, 9.17) is 5.73 Å². The largest absolute Gasteiger partial charge is 0.375 e. The highest BCUT2D eigenvalue weighted by Crippen LogP contribution is 2.29. The number of nitrogens with one attached hydrogen (secondary N) is 2. The van der Waals surface area contributed by atoms with Gasteiger partial charge in [-0.15, -0.1) is 0 Å². The van der Waals surface area contributed by atoms with Gasteiger partial charge in [-0.3, -0.25) is 4.79 Å². The number of nitrogen functional groups attached to an aromatic ring is 1. The van der Waals surface area contributed by atoms with Crippen LogP contribution in [0.3, 0.4) is 0 Å². The maximum Gasteiger partial charge on any atom is 0.225 e. The fraction of sp³-hybridized carbons (Fsp3) is 0.333. The lowest BCUT2D eigenvalue weighted by molar-refractivity contribution is -0.116. The Morgan fingerprint density at radius 3 is 2.81 bits per heavy atom. The molecule has 0 aliphatic heterocycles. The van der Waals surface area contributed by atoms with E-state index in [-0.39, 0.29) is 18.9 Å². The Hall–Kier alpha value is -1.71. The summed E-state index contributed by atoms with van der Waals surface area (Å²) in [4.78, 5) is 16.0. The number of nitrogens with two attached hydrogens (primary N) is 1. The van der Waals surface area contributed by atoms with Crippen molar-refractivity contribution in [1.29, 1.82) is 0 Å². The van der Waals surface area contributed by atoms with Crippen molar-refractivity contribution in [2.45, 2.75) is 13.3 Å². The summed E-state index contributed by atoms with van der Waals surface area (Å²) < 4.78 is 25.0. The second-order valence-electron chi connectivity index (χ2n) is 4.66. The highest BCUT2D eigenvalue weighted by molar-refractivity contribution is 7.88. The fourth-order valence-corrected chi connectivity index (χ4v) is 3.18. The molecule has 0 radical (unpaired) electrons. The Labute approximate surface area is 126 Å². The van der Waals surface area contributed by atoms with Crippen molar-refractivity contribution < 1.29 is 13.2 Å². The van der Waals surface area contributed by atoms with E-state index in [1.807, 2.05) is 13.0 Å². The van der Waals surface area contributed by atoms with Gasteiger partial charge in [0, 0.05) is 18.7 Å². The molecule has 114 valence electrons. The number of benzene rings is 1. The van der Waals surface area contributed by atoms with Gasteiger partial charge >= 0.3 is 0 Å². The standard InChI is InChI=1S/C12H16N4O3S2/c1-7-5-8(6-9-11(7)16-12(13)20-9)15-10(17)3-4-14-21(2,18)19/h5-6,14H,3-4H2,1-2H3,(H2,13,16)(H,15,17). The summed E-state index contributed by atoms with van der Waals surface area (Å²) in [5.74, 6) is -0.262. The predicted molar refractivity (Wildman–Crippen MR) is 84.9 cm³/mol. The van der Waals surface area contributed by atoms with E-state index in [0.717, 1.165) is 22.0 Å². The fourth-order valence-electron chi connectivity index (χ4n) is 1.86. The number of rotatable bonds is 5. The zero-order chi connectivity index (χ0) is 15.6. The molecule has 0 aliphatic carbocycles. The number of carbonyl (C=O) groups is 1. The van der Waals surface area contributed by atoms with Gasteiger partial charge in [0.25, 0.3) is 0 Å². The topological polar surface area (TPSA) is 114 Å². The number of anilines is 2. The summed E-state index contributed by atoms with van der Waals surface area (Å²) in [5.41, 5.74) is 8.07. The quantitative estimate of drug-likeness (QED) is 0.759. The maximum absolute atomic E-state index is 11.8. The molecule has 0 unspecified atom stereocenters. The molecule has 0 aliphatic rings. The Balaban J connectivity index is 2.04. The third kappa shape index (κ3) is 4.38. The number of hydrogen-bond acceptors (Lipinski definition) is 6. The number of thiazole rings is 1. The number of sulfonamides is 1. The first kappa shape index (κ1) is 15.7. The van der Waals surface area contributed by atoms with Crippen molar-refractivity contribution >= 4 is 48.3 Å². The molecular weight excluding hydrogens is 312 g/mol. The van der Waals surface area contributed by atoms with Crippen LogP contribution in [-0.4, -0.2) is 32.1 Å². The monoisotopic (exact) mass is 328 g/mol. The number of nitrogens with zero attached hydrogens (tertiary/aromatic N) is 1. The van der Waals surface area contributed by atoms with Crippen molar-refractivity contribution in [2.24, 2.45) is 0 Å². The molecule has 0 fully saturated rings. The van der Waals surface area contributed by atoms with Crippen LogP contribution < -0.4 is 15.8 Å². The van der Waals surface area contributed by atoms with Gasteiger partial charge in [0.2, 0.25) is 15.9 Å². The van der Waals surface area contributed by atoms with E-state index >= 15 is 0 Å². The Morgan fingerprint density at radius 2 is 2.14 bits per heavy atom. The number of fused-ring (bicyclic) bond motifs is 1. The molecule has 0 saturated carbocycles. The lowest BCUT2D eigenvalue weighted by atomic mass is 10.2. The smallest absolute Gasteiger partial charge is 0.225 e. The molecule has 0 spiro atoms. The first-order valence-electron chi connectivity index (χ1n) is 6.16. The predicted octanol–water partition coefficient (Wildman–Crippen LogP) is 1.06. The Kier molecular flexibility index (Phi) is 4.45. The van der Waals surface area contributed by atoms with E-state index < -0.39 is 10.0 Å². The molecule has 1 aromatic carbocycles. The van der Waals surface area contributed by atoms with Crippen LogP contribution >= 0.6 is 11.3 Å². The number of hydrogen-bond donors (Lipinski definition) is 3. The minimum Gasteiger partial charge on any atom is -0.375 e. The Morgan fingerprint density at radius 1 is 1.43 bits per heavy atom. The van der Waals surface area contributed by atoms with Gasteiger partial charge < -0.3 is 11.1 Å². The summed E-state index contributed by atoms with van der Waals surface area (Å²) >= 11 is 1.35. The van der Waals surface area contributed by atoms with Crippen molar-refractivity contribution in [1.82, 2.24) is 9.71 Å². The summed E-state index contributed by atoms with van der Waals surface area (Å²) in [5, 5.41) is 3.22. The van der Waals surface area contributed by atoms with E-state index in [9.17, 15) is 13.2 Å². The van der Waals surface area contributed by atoms with Gasteiger partial charge in [-0.2, -0.15) is 0 Å². The van der Waals surface area contributed by atoms with E-state index in [1.165, 1.54) is 11.3 Å². The number of amides is 1. The zero-order valence-corrected chi connectivity index (χ0v) is 13.3. The summed E-state index contributed by atoms with van der Waals surface area (Å²) in [6.07, 6.45) is 1.12. The molecular formula is C12H16N4O3S2.